The third-order valence-corrected chi connectivity index (χ3v) is 6.34. The van der Waals surface area contributed by atoms with E-state index >= 15 is 0 Å². The zero-order chi connectivity index (χ0) is 22.4. The second-order valence-electron chi connectivity index (χ2n) is 8.09. The lowest BCUT2D eigenvalue weighted by Crippen LogP contribution is -2.31. The van der Waals surface area contributed by atoms with Crippen LogP contribution in [0.4, 0.5) is 8.78 Å². The highest BCUT2D eigenvalue weighted by molar-refractivity contribution is 5.85. The number of pyridine rings is 2. The van der Waals surface area contributed by atoms with Gasteiger partial charge < -0.3 is 0 Å². The molecule has 0 spiro atoms. The molecule has 1 aliphatic rings. The quantitative estimate of drug-likeness (QED) is 0.308. The standard InChI is InChI=1S/C29H18F2N2/c30-19-15-16-22(25(31)18-19)26-12-7-14-28(33-26)29(27-13-5-6-17-32-27)23-10-3-1-8-20(23)21-9-2-4-11-24(21)29/h1-18H. The first-order valence-electron chi connectivity index (χ1n) is 10.7. The summed E-state index contributed by atoms with van der Waals surface area (Å²) in [6.45, 7) is 0. The van der Waals surface area contributed by atoms with Crippen molar-refractivity contribution in [2.45, 2.75) is 5.41 Å². The fourth-order valence-electron chi connectivity index (χ4n) is 4.99. The molecule has 158 valence electrons. The summed E-state index contributed by atoms with van der Waals surface area (Å²) in [4.78, 5) is 9.73. The van der Waals surface area contributed by atoms with Crippen LogP contribution in [0.3, 0.4) is 0 Å². The third kappa shape index (κ3) is 2.84. The van der Waals surface area contributed by atoms with Crippen molar-refractivity contribution >= 4 is 0 Å². The normalized spacial score (nSPS) is 13.4. The maximum atomic E-state index is 14.6. The van der Waals surface area contributed by atoms with Gasteiger partial charge in [0.1, 0.15) is 17.0 Å². The van der Waals surface area contributed by atoms with Gasteiger partial charge in [0.15, 0.2) is 0 Å². The lowest BCUT2D eigenvalue weighted by molar-refractivity contribution is 0.585. The smallest absolute Gasteiger partial charge is 0.135 e. The van der Waals surface area contributed by atoms with Crippen LogP contribution in [-0.2, 0) is 5.41 Å². The molecule has 0 radical (unpaired) electrons. The molecule has 0 unspecified atom stereocenters. The molecule has 0 saturated carbocycles. The summed E-state index contributed by atoms with van der Waals surface area (Å²) < 4.78 is 28.2. The molecule has 3 aromatic carbocycles. The second kappa shape index (κ2) is 7.45. The molecule has 33 heavy (non-hydrogen) atoms. The SMILES string of the molecule is Fc1ccc(-c2cccc(C3(c4ccccn4)c4ccccc4-c4ccccc43)n2)c(F)c1. The molecule has 4 heteroatoms. The van der Waals surface area contributed by atoms with Crippen molar-refractivity contribution in [2.75, 3.05) is 0 Å². The largest absolute Gasteiger partial charge is 0.260 e. The van der Waals surface area contributed by atoms with Gasteiger partial charge in [-0.25, -0.2) is 8.78 Å². The molecule has 0 aliphatic heterocycles. The molecule has 0 N–H and O–H groups in total. The van der Waals surface area contributed by atoms with Gasteiger partial charge in [-0.1, -0.05) is 60.7 Å². The Morgan fingerprint density at radius 3 is 1.91 bits per heavy atom. The van der Waals surface area contributed by atoms with Crippen LogP contribution >= 0.6 is 0 Å². The Morgan fingerprint density at radius 2 is 1.24 bits per heavy atom. The topological polar surface area (TPSA) is 25.8 Å². The van der Waals surface area contributed by atoms with Crippen molar-refractivity contribution in [3.05, 3.63) is 143 Å². The molecule has 0 atom stereocenters. The monoisotopic (exact) mass is 432 g/mol. The van der Waals surface area contributed by atoms with Crippen molar-refractivity contribution < 1.29 is 8.78 Å². The Balaban J connectivity index is 1.70. The van der Waals surface area contributed by atoms with Crippen molar-refractivity contribution in [3.8, 4) is 22.4 Å². The van der Waals surface area contributed by atoms with E-state index in [9.17, 15) is 8.78 Å². The molecule has 0 fully saturated rings. The predicted molar refractivity (Wildman–Crippen MR) is 125 cm³/mol. The van der Waals surface area contributed by atoms with Crippen molar-refractivity contribution in [3.63, 3.8) is 0 Å². The van der Waals surface area contributed by atoms with Gasteiger partial charge in [0, 0.05) is 17.8 Å². The summed E-state index contributed by atoms with van der Waals surface area (Å²) in [6, 6.07) is 31.6. The van der Waals surface area contributed by atoms with E-state index in [2.05, 4.69) is 24.3 Å². The predicted octanol–water partition coefficient (Wildman–Crippen LogP) is 6.78. The van der Waals surface area contributed by atoms with Crippen molar-refractivity contribution in [1.29, 1.82) is 0 Å². The van der Waals surface area contributed by atoms with Crippen molar-refractivity contribution in [2.24, 2.45) is 0 Å². The number of fused-ring (bicyclic) bond motifs is 3. The van der Waals surface area contributed by atoms with Crippen LogP contribution in [0.1, 0.15) is 22.5 Å². The maximum absolute atomic E-state index is 14.6. The van der Waals surface area contributed by atoms with Crippen molar-refractivity contribution in [1.82, 2.24) is 9.97 Å². The van der Waals surface area contributed by atoms with Crippen LogP contribution in [0.5, 0.6) is 0 Å². The minimum atomic E-state index is -0.763. The van der Waals surface area contributed by atoms with E-state index in [0.29, 0.717) is 5.69 Å². The zero-order valence-electron chi connectivity index (χ0n) is 17.5. The van der Waals surface area contributed by atoms with Gasteiger partial charge in [-0.3, -0.25) is 9.97 Å². The minimum Gasteiger partial charge on any atom is -0.260 e. The summed E-state index contributed by atoms with van der Waals surface area (Å²) in [7, 11) is 0. The average molecular weight is 432 g/mol. The number of aromatic nitrogens is 2. The lowest BCUT2D eigenvalue weighted by atomic mass is 9.72. The summed E-state index contributed by atoms with van der Waals surface area (Å²) in [5, 5.41) is 0. The zero-order valence-corrected chi connectivity index (χ0v) is 17.5. The molecule has 2 aromatic heterocycles. The van der Waals surface area contributed by atoms with Gasteiger partial charge in [0.2, 0.25) is 0 Å². The molecule has 6 rings (SSSR count). The van der Waals surface area contributed by atoms with Gasteiger partial charge in [-0.2, -0.15) is 0 Å². The van der Waals surface area contributed by atoms with Gasteiger partial charge in [-0.15, -0.1) is 0 Å². The first-order valence-corrected chi connectivity index (χ1v) is 10.7. The Labute approximate surface area is 190 Å². The van der Waals surface area contributed by atoms with E-state index in [1.807, 2.05) is 54.6 Å². The Kier molecular flexibility index (Phi) is 4.40. The molecule has 2 heterocycles. The Morgan fingerprint density at radius 1 is 0.576 bits per heavy atom. The van der Waals surface area contributed by atoms with E-state index in [1.54, 1.807) is 12.3 Å². The number of benzene rings is 3. The van der Waals surface area contributed by atoms with E-state index in [-0.39, 0.29) is 5.56 Å². The molecule has 2 nitrogen and oxygen atoms in total. The van der Waals surface area contributed by atoms with E-state index in [0.717, 1.165) is 39.7 Å². The van der Waals surface area contributed by atoms with Crippen LogP contribution in [-0.4, -0.2) is 9.97 Å². The minimum absolute atomic E-state index is 0.258. The number of halogens is 2. The number of rotatable bonds is 3. The maximum Gasteiger partial charge on any atom is 0.135 e. The Hall–Kier alpha value is -4.18. The van der Waals surface area contributed by atoms with Crippen LogP contribution < -0.4 is 0 Å². The molecular formula is C29H18F2N2. The molecule has 5 aromatic rings. The Bertz CT molecular complexity index is 1450. The molecule has 0 amide bonds. The van der Waals surface area contributed by atoms with E-state index < -0.39 is 17.0 Å². The third-order valence-electron chi connectivity index (χ3n) is 6.34. The number of hydrogen-bond donors (Lipinski definition) is 0. The van der Waals surface area contributed by atoms with E-state index in [4.69, 9.17) is 9.97 Å². The lowest BCUT2D eigenvalue weighted by Gasteiger charge is -2.31. The van der Waals surface area contributed by atoms with Gasteiger partial charge >= 0.3 is 0 Å². The summed E-state index contributed by atoms with van der Waals surface area (Å²) in [5.74, 6) is -1.25. The first-order chi connectivity index (χ1) is 16.2. The second-order valence-corrected chi connectivity index (χ2v) is 8.09. The molecule has 0 bridgehead atoms. The highest BCUT2D eigenvalue weighted by Crippen LogP contribution is 2.55. The van der Waals surface area contributed by atoms with Gasteiger partial charge in [0.05, 0.1) is 17.1 Å². The first kappa shape index (κ1) is 19.5. The van der Waals surface area contributed by atoms with Crippen LogP contribution in [0.25, 0.3) is 22.4 Å². The fraction of sp³-hybridized carbons (Fsp3) is 0.0345. The highest BCUT2D eigenvalue weighted by Gasteiger charge is 2.48. The summed E-state index contributed by atoms with van der Waals surface area (Å²) >= 11 is 0. The summed E-state index contributed by atoms with van der Waals surface area (Å²) in [6.07, 6.45) is 1.78. The fourth-order valence-corrected chi connectivity index (χ4v) is 4.99. The molecule has 1 aliphatic carbocycles. The van der Waals surface area contributed by atoms with Gasteiger partial charge in [-0.05, 0) is 58.7 Å². The summed E-state index contributed by atoms with van der Waals surface area (Å²) in [5.41, 5.74) is 5.92. The van der Waals surface area contributed by atoms with Crippen LogP contribution in [0.15, 0.2) is 109 Å². The van der Waals surface area contributed by atoms with Crippen LogP contribution in [0, 0.1) is 11.6 Å². The molecular weight excluding hydrogens is 414 g/mol. The average Bonchev–Trinajstić information content (AvgIpc) is 3.16. The van der Waals surface area contributed by atoms with Crippen LogP contribution in [0.2, 0.25) is 0 Å². The molecule has 0 saturated heterocycles. The number of hydrogen-bond acceptors (Lipinski definition) is 2. The highest BCUT2D eigenvalue weighted by atomic mass is 19.1. The van der Waals surface area contributed by atoms with Gasteiger partial charge in [0.25, 0.3) is 0 Å². The number of nitrogens with zero attached hydrogens (tertiary/aromatic N) is 2. The van der Waals surface area contributed by atoms with E-state index in [1.165, 1.54) is 12.1 Å².